The third-order valence-corrected chi connectivity index (χ3v) is 6.85. The standard InChI is InChI=1S/C26H27N5O2S/c1-14-10-11-21(15(2)13-14)31-25(20-9-7-8-12-27-20)29-30-26(31)34-19(6)24(33)23-16(3)22(18(5)32)17(4)28-23/h7-13,19,28H,1-6H3. The average molecular weight is 474 g/mol. The van der Waals surface area contributed by atoms with E-state index in [4.69, 9.17) is 0 Å². The number of benzene rings is 1. The van der Waals surface area contributed by atoms with Crippen molar-refractivity contribution in [1.29, 1.82) is 0 Å². The lowest BCUT2D eigenvalue weighted by atomic mass is 10.0. The molecule has 0 spiro atoms. The van der Waals surface area contributed by atoms with Crippen LogP contribution < -0.4 is 0 Å². The summed E-state index contributed by atoms with van der Waals surface area (Å²) < 4.78 is 1.96. The van der Waals surface area contributed by atoms with E-state index in [1.165, 1.54) is 18.7 Å². The molecule has 0 radical (unpaired) electrons. The van der Waals surface area contributed by atoms with Gasteiger partial charge in [0.15, 0.2) is 22.5 Å². The number of aryl methyl sites for hydroxylation is 3. The highest BCUT2D eigenvalue weighted by atomic mass is 32.2. The van der Waals surface area contributed by atoms with Crippen LogP contribution in [0.2, 0.25) is 0 Å². The van der Waals surface area contributed by atoms with E-state index in [1.807, 2.05) is 62.6 Å². The van der Waals surface area contributed by atoms with Crippen LogP contribution in [0.5, 0.6) is 0 Å². The zero-order valence-corrected chi connectivity index (χ0v) is 20.9. The molecular weight excluding hydrogens is 446 g/mol. The van der Waals surface area contributed by atoms with Crippen molar-refractivity contribution in [3.8, 4) is 17.2 Å². The lowest BCUT2D eigenvalue weighted by Crippen LogP contribution is -2.16. The molecule has 1 unspecified atom stereocenters. The lowest BCUT2D eigenvalue weighted by Gasteiger charge is -2.15. The van der Waals surface area contributed by atoms with Gasteiger partial charge in [0.05, 0.1) is 16.6 Å². The summed E-state index contributed by atoms with van der Waals surface area (Å²) in [6, 6.07) is 11.8. The average Bonchev–Trinajstić information content (AvgIpc) is 3.34. The second kappa shape index (κ2) is 9.38. The van der Waals surface area contributed by atoms with Crippen LogP contribution in [-0.2, 0) is 0 Å². The van der Waals surface area contributed by atoms with Gasteiger partial charge in [-0.3, -0.25) is 19.1 Å². The fourth-order valence-electron chi connectivity index (χ4n) is 4.22. The van der Waals surface area contributed by atoms with E-state index in [-0.39, 0.29) is 11.6 Å². The summed E-state index contributed by atoms with van der Waals surface area (Å²) in [4.78, 5) is 33.0. The van der Waals surface area contributed by atoms with Crippen molar-refractivity contribution >= 4 is 23.3 Å². The molecule has 0 saturated carbocycles. The molecule has 3 heterocycles. The van der Waals surface area contributed by atoms with Crippen LogP contribution in [0.4, 0.5) is 0 Å². The van der Waals surface area contributed by atoms with Crippen LogP contribution in [0.25, 0.3) is 17.2 Å². The molecule has 1 N–H and O–H groups in total. The molecule has 34 heavy (non-hydrogen) atoms. The zero-order chi connectivity index (χ0) is 24.6. The number of nitrogens with zero attached hydrogens (tertiary/aromatic N) is 4. The zero-order valence-electron chi connectivity index (χ0n) is 20.1. The summed E-state index contributed by atoms with van der Waals surface area (Å²) in [5.74, 6) is 0.466. The Labute approximate surface area is 203 Å². The monoisotopic (exact) mass is 473 g/mol. The van der Waals surface area contributed by atoms with Gasteiger partial charge in [0, 0.05) is 17.5 Å². The number of thioether (sulfide) groups is 1. The van der Waals surface area contributed by atoms with Gasteiger partial charge in [0.1, 0.15) is 5.69 Å². The van der Waals surface area contributed by atoms with Crippen LogP contribution >= 0.6 is 11.8 Å². The molecule has 0 amide bonds. The van der Waals surface area contributed by atoms with E-state index >= 15 is 0 Å². The fourth-order valence-corrected chi connectivity index (χ4v) is 5.14. The number of nitrogens with one attached hydrogen (secondary N) is 1. The summed E-state index contributed by atoms with van der Waals surface area (Å²) >= 11 is 1.34. The number of carbonyl (C=O) groups is 2. The maximum absolute atomic E-state index is 13.4. The molecule has 8 heteroatoms. The van der Waals surface area contributed by atoms with Crippen molar-refractivity contribution in [1.82, 2.24) is 24.7 Å². The van der Waals surface area contributed by atoms with Crippen molar-refractivity contribution in [3.05, 3.63) is 76.2 Å². The number of H-pyrrole nitrogens is 1. The first-order valence-corrected chi connectivity index (χ1v) is 11.9. The van der Waals surface area contributed by atoms with Crippen LogP contribution in [0.1, 0.15) is 57.1 Å². The predicted molar refractivity (Wildman–Crippen MR) is 134 cm³/mol. The van der Waals surface area contributed by atoms with Gasteiger partial charge < -0.3 is 4.98 Å². The number of hydrogen-bond donors (Lipinski definition) is 1. The normalized spacial score (nSPS) is 12.1. The molecule has 1 atom stereocenters. The molecule has 0 aliphatic carbocycles. The molecule has 3 aromatic heterocycles. The van der Waals surface area contributed by atoms with Gasteiger partial charge in [0.2, 0.25) is 0 Å². The number of rotatable bonds is 7. The largest absolute Gasteiger partial charge is 0.355 e. The first kappa shape index (κ1) is 23.6. The minimum atomic E-state index is -0.457. The Hall–Kier alpha value is -3.52. The second-order valence-corrected chi connectivity index (χ2v) is 9.76. The van der Waals surface area contributed by atoms with Gasteiger partial charge >= 0.3 is 0 Å². The van der Waals surface area contributed by atoms with E-state index in [2.05, 4.69) is 33.2 Å². The van der Waals surface area contributed by atoms with E-state index in [0.717, 1.165) is 16.8 Å². The van der Waals surface area contributed by atoms with Crippen molar-refractivity contribution in [2.24, 2.45) is 0 Å². The second-order valence-electron chi connectivity index (χ2n) is 8.45. The summed E-state index contributed by atoms with van der Waals surface area (Å²) in [7, 11) is 0. The highest BCUT2D eigenvalue weighted by Gasteiger charge is 2.27. The Morgan fingerprint density at radius 1 is 1.06 bits per heavy atom. The maximum Gasteiger partial charge on any atom is 0.196 e. The molecule has 0 saturated heterocycles. The quantitative estimate of drug-likeness (QED) is 0.283. The van der Waals surface area contributed by atoms with E-state index in [1.54, 1.807) is 6.20 Å². The molecular formula is C26H27N5O2S. The summed E-state index contributed by atoms with van der Waals surface area (Å²) in [6.45, 7) is 11.1. The van der Waals surface area contributed by atoms with Gasteiger partial charge in [0.25, 0.3) is 0 Å². The van der Waals surface area contributed by atoms with Gasteiger partial charge in [-0.25, -0.2) is 0 Å². The molecule has 7 nitrogen and oxygen atoms in total. The van der Waals surface area contributed by atoms with Crippen molar-refractivity contribution in [3.63, 3.8) is 0 Å². The SMILES string of the molecule is CC(=O)c1c(C)[nH]c(C(=O)C(C)Sc2nnc(-c3ccccn3)n2-c2ccc(C)cc2C)c1C. The Balaban J connectivity index is 1.75. The number of pyridine rings is 1. The highest BCUT2D eigenvalue weighted by Crippen LogP contribution is 2.32. The Morgan fingerprint density at radius 2 is 1.82 bits per heavy atom. The summed E-state index contributed by atoms with van der Waals surface area (Å²) in [5, 5.41) is 9.02. The van der Waals surface area contributed by atoms with Crippen LogP contribution in [-0.4, -0.2) is 41.5 Å². The number of Topliss-reactive ketones (excluding diaryl/α,β-unsaturated/α-hetero) is 2. The Morgan fingerprint density at radius 3 is 2.44 bits per heavy atom. The van der Waals surface area contributed by atoms with Gasteiger partial charge in [-0.2, -0.15) is 0 Å². The molecule has 4 rings (SSSR count). The summed E-state index contributed by atoms with van der Waals surface area (Å²) in [5.41, 5.74) is 6.30. The van der Waals surface area contributed by atoms with Crippen molar-refractivity contribution in [2.45, 2.75) is 51.9 Å². The predicted octanol–water partition coefficient (Wildman–Crippen LogP) is 5.46. The number of ketones is 2. The van der Waals surface area contributed by atoms with Gasteiger partial charge in [-0.1, -0.05) is 35.5 Å². The van der Waals surface area contributed by atoms with Gasteiger partial charge in [-0.15, -0.1) is 10.2 Å². The molecule has 4 aromatic rings. The molecule has 0 bridgehead atoms. The summed E-state index contributed by atoms with van der Waals surface area (Å²) in [6.07, 6.45) is 1.72. The topological polar surface area (TPSA) is 93.5 Å². The van der Waals surface area contributed by atoms with Crippen LogP contribution in [0, 0.1) is 27.7 Å². The lowest BCUT2D eigenvalue weighted by molar-refractivity contribution is 0.0988. The van der Waals surface area contributed by atoms with E-state index < -0.39 is 5.25 Å². The molecule has 1 aromatic carbocycles. The molecule has 0 aliphatic rings. The minimum absolute atomic E-state index is 0.0554. The first-order chi connectivity index (χ1) is 16.2. The Bertz CT molecular complexity index is 1390. The number of carbonyl (C=O) groups excluding carboxylic acids is 2. The Kier molecular flexibility index (Phi) is 6.52. The van der Waals surface area contributed by atoms with E-state index in [0.29, 0.717) is 39.2 Å². The highest BCUT2D eigenvalue weighted by molar-refractivity contribution is 8.00. The number of aromatic amines is 1. The molecule has 174 valence electrons. The van der Waals surface area contributed by atoms with Crippen LogP contribution in [0.3, 0.4) is 0 Å². The van der Waals surface area contributed by atoms with E-state index in [9.17, 15) is 9.59 Å². The number of hydrogen-bond acceptors (Lipinski definition) is 6. The number of aromatic nitrogens is 5. The van der Waals surface area contributed by atoms with Crippen molar-refractivity contribution in [2.75, 3.05) is 0 Å². The fraction of sp³-hybridized carbons (Fsp3) is 0.269. The first-order valence-electron chi connectivity index (χ1n) is 11.0. The third-order valence-electron chi connectivity index (χ3n) is 5.81. The molecule has 0 aliphatic heterocycles. The van der Waals surface area contributed by atoms with Crippen molar-refractivity contribution < 1.29 is 9.59 Å². The smallest absolute Gasteiger partial charge is 0.196 e. The molecule has 0 fully saturated rings. The van der Waals surface area contributed by atoms with Gasteiger partial charge in [-0.05, 0) is 70.9 Å². The minimum Gasteiger partial charge on any atom is -0.355 e. The van der Waals surface area contributed by atoms with Crippen LogP contribution in [0.15, 0.2) is 47.8 Å². The maximum atomic E-state index is 13.4. The third kappa shape index (κ3) is 4.33.